The third-order valence-electron chi connectivity index (χ3n) is 1.09. The Morgan fingerprint density at radius 3 is 3.44 bits per heavy atom. The third kappa shape index (κ3) is 2.13. The quantitative estimate of drug-likeness (QED) is 0.510. The summed E-state index contributed by atoms with van der Waals surface area (Å²) in [4.78, 5) is 4.09. The average Bonchev–Trinajstić information content (AvgIpc) is 1.79. The lowest BCUT2D eigenvalue weighted by atomic mass is 10.4. The first kappa shape index (κ1) is 6.08. The normalized spacial score (nSPS) is 30.6. The van der Waals surface area contributed by atoms with Gasteiger partial charge in [-0.2, -0.15) is 0 Å². The van der Waals surface area contributed by atoms with Crippen LogP contribution in [-0.4, -0.2) is 12.8 Å². The lowest BCUT2D eigenvalue weighted by Gasteiger charge is -1.96. The molecule has 1 heterocycles. The van der Waals surface area contributed by atoms with Crippen molar-refractivity contribution < 1.29 is 0 Å². The van der Waals surface area contributed by atoms with Gasteiger partial charge in [-0.15, -0.1) is 0 Å². The van der Waals surface area contributed by atoms with Crippen LogP contribution < -0.4 is 5.32 Å². The van der Waals surface area contributed by atoms with E-state index in [0.29, 0.717) is 0 Å². The van der Waals surface area contributed by atoms with E-state index in [1.165, 1.54) is 0 Å². The van der Waals surface area contributed by atoms with Gasteiger partial charge >= 0.3 is 0 Å². The Hall–Kier alpha value is -1.05. The zero-order chi connectivity index (χ0) is 6.53. The summed E-state index contributed by atoms with van der Waals surface area (Å²) >= 11 is 0. The number of hydrogen-bond acceptors (Lipinski definition) is 2. The molecule has 0 aromatic carbocycles. The maximum Gasteiger partial charge on any atom is 0.0350 e. The monoisotopic (exact) mass is 122 g/mol. The molecule has 0 aliphatic carbocycles. The van der Waals surface area contributed by atoms with Gasteiger partial charge in [-0.1, -0.05) is 0 Å². The number of allylic oxidation sites excluding steroid dienone is 2. The molecule has 0 radical (unpaired) electrons. The Labute approximate surface area is 55.0 Å². The lowest BCUT2D eigenvalue weighted by Crippen LogP contribution is -2.05. The van der Waals surface area contributed by atoms with Crippen LogP contribution in [0.1, 0.15) is 6.92 Å². The van der Waals surface area contributed by atoms with Crippen LogP contribution in [0, 0.1) is 0 Å². The lowest BCUT2D eigenvalue weighted by molar-refractivity contribution is 0.970. The first-order valence-electron chi connectivity index (χ1n) is 2.99. The fourth-order valence-electron chi connectivity index (χ4n) is 0.599. The van der Waals surface area contributed by atoms with Crippen molar-refractivity contribution in [1.82, 2.24) is 5.32 Å². The smallest absolute Gasteiger partial charge is 0.0350 e. The van der Waals surface area contributed by atoms with Crippen LogP contribution >= 0.6 is 0 Å². The second-order valence-electron chi connectivity index (χ2n) is 1.89. The van der Waals surface area contributed by atoms with Gasteiger partial charge in [0.25, 0.3) is 0 Å². The van der Waals surface area contributed by atoms with Crippen LogP contribution in [0.5, 0.6) is 0 Å². The molecule has 9 heavy (non-hydrogen) atoms. The van der Waals surface area contributed by atoms with Gasteiger partial charge in [0.05, 0.1) is 0 Å². The predicted molar refractivity (Wildman–Crippen MR) is 39.4 cm³/mol. The van der Waals surface area contributed by atoms with Crippen LogP contribution in [0.2, 0.25) is 0 Å². The maximum atomic E-state index is 4.09. The minimum Gasteiger partial charge on any atom is -0.387 e. The van der Waals surface area contributed by atoms with Crippen LogP contribution in [0.25, 0.3) is 0 Å². The zero-order valence-corrected chi connectivity index (χ0v) is 5.46. The molecule has 48 valence electrons. The minimum atomic E-state index is 0.875. The molecule has 1 N–H and O–H groups in total. The van der Waals surface area contributed by atoms with Gasteiger partial charge in [0.1, 0.15) is 0 Å². The second-order valence-corrected chi connectivity index (χ2v) is 1.89. The van der Waals surface area contributed by atoms with Gasteiger partial charge in [-0.25, -0.2) is 0 Å². The van der Waals surface area contributed by atoms with Crippen molar-refractivity contribution in [3.8, 4) is 0 Å². The molecular formula is C7H10N2. The third-order valence-corrected chi connectivity index (χ3v) is 1.09. The highest BCUT2D eigenvalue weighted by molar-refractivity contribution is 5.72. The zero-order valence-electron chi connectivity index (χ0n) is 5.46. The van der Waals surface area contributed by atoms with Gasteiger partial charge in [-0.05, 0) is 25.3 Å². The Morgan fingerprint density at radius 1 is 1.67 bits per heavy atom. The Morgan fingerprint density at radius 2 is 2.56 bits per heavy atom. The first-order chi connectivity index (χ1) is 4.39. The van der Waals surface area contributed by atoms with E-state index in [2.05, 4.69) is 10.3 Å². The molecule has 0 fully saturated rings. The van der Waals surface area contributed by atoms with Crippen LogP contribution in [0.4, 0.5) is 0 Å². The number of hydrogen-bond donors (Lipinski definition) is 1. The molecule has 0 aromatic rings. The molecule has 0 unspecified atom stereocenters. The molecule has 1 aliphatic heterocycles. The first-order valence-corrected chi connectivity index (χ1v) is 2.99. The summed E-state index contributed by atoms with van der Waals surface area (Å²) in [5, 5.41) is 3.07. The van der Waals surface area contributed by atoms with Crippen molar-refractivity contribution in [3.63, 3.8) is 0 Å². The van der Waals surface area contributed by atoms with Crippen LogP contribution in [-0.2, 0) is 0 Å². The fourth-order valence-corrected chi connectivity index (χ4v) is 0.599. The predicted octanol–water partition coefficient (Wildman–Crippen LogP) is 1.08. The fraction of sp³-hybridized carbons (Fsp3) is 0.286. The van der Waals surface area contributed by atoms with Gasteiger partial charge < -0.3 is 5.32 Å². The summed E-state index contributed by atoms with van der Waals surface area (Å²) in [5.74, 6) is 0. The molecule has 0 aromatic heterocycles. The van der Waals surface area contributed by atoms with Gasteiger partial charge in [0.15, 0.2) is 0 Å². The summed E-state index contributed by atoms with van der Waals surface area (Å²) < 4.78 is 0. The van der Waals surface area contributed by atoms with E-state index in [1.54, 1.807) is 6.21 Å². The molecule has 0 bridgehead atoms. The molecule has 0 saturated heterocycles. The molecule has 0 amide bonds. The van der Waals surface area contributed by atoms with Crippen molar-refractivity contribution in [2.24, 2.45) is 4.99 Å². The maximum absolute atomic E-state index is 4.09. The molecule has 0 atom stereocenters. The van der Waals surface area contributed by atoms with E-state index >= 15 is 0 Å². The van der Waals surface area contributed by atoms with E-state index in [4.69, 9.17) is 0 Å². The SMILES string of the molecule is CC1=C\CN/C=C/C=N\1. The summed E-state index contributed by atoms with van der Waals surface area (Å²) in [6, 6.07) is 0. The molecule has 2 heteroatoms. The largest absolute Gasteiger partial charge is 0.387 e. The molecular weight excluding hydrogens is 112 g/mol. The Kier molecular flexibility index (Phi) is 2.07. The molecule has 0 spiro atoms. The Balaban J connectivity index is 2.64. The van der Waals surface area contributed by atoms with E-state index < -0.39 is 0 Å². The highest BCUT2D eigenvalue weighted by Crippen LogP contribution is 1.92. The topological polar surface area (TPSA) is 24.4 Å². The van der Waals surface area contributed by atoms with Crippen LogP contribution in [0.15, 0.2) is 29.0 Å². The summed E-state index contributed by atoms with van der Waals surface area (Å²) in [7, 11) is 0. The number of nitrogens with zero attached hydrogens (tertiary/aromatic N) is 1. The summed E-state index contributed by atoms with van der Waals surface area (Å²) in [6.45, 7) is 2.86. The van der Waals surface area contributed by atoms with Crippen molar-refractivity contribution in [2.45, 2.75) is 6.92 Å². The van der Waals surface area contributed by atoms with Crippen molar-refractivity contribution in [1.29, 1.82) is 0 Å². The van der Waals surface area contributed by atoms with Gasteiger partial charge in [-0.3, -0.25) is 4.99 Å². The van der Waals surface area contributed by atoms with Crippen molar-refractivity contribution in [3.05, 3.63) is 24.0 Å². The molecule has 1 rings (SSSR count). The highest BCUT2D eigenvalue weighted by Gasteiger charge is 1.82. The standard InChI is InChI=1S/C7H10N2/c1-7-3-6-8-4-2-5-9-7/h2-5,8H,6H2,1H3/b4-2+,7-3+,9-5-. The highest BCUT2D eigenvalue weighted by atomic mass is 14.8. The van der Waals surface area contributed by atoms with Gasteiger partial charge in [0.2, 0.25) is 0 Å². The van der Waals surface area contributed by atoms with Gasteiger partial charge in [0, 0.05) is 18.5 Å². The van der Waals surface area contributed by atoms with E-state index in [-0.39, 0.29) is 0 Å². The van der Waals surface area contributed by atoms with E-state index in [9.17, 15) is 0 Å². The van der Waals surface area contributed by atoms with Crippen molar-refractivity contribution >= 4 is 6.21 Å². The molecule has 0 saturated carbocycles. The molecule has 2 nitrogen and oxygen atoms in total. The number of rotatable bonds is 0. The number of nitrogens with one attached hydrogen (secondary N) is 1. The second kappa shape index (κ2) is 3.07. The number of aliphatic imine (C=N–C) groups is 1. The van der Waals surface area contributed by atoms with Crippen LogP contribution in [0.3, 0.4) is 0 Å². The van der Waals surface area contributed by atoms with Crippen molar-refractivity contribution in [2.75, 3.05) is 6.54 Å². The average molecular weight is 122 g/mol. The van der Waals surface area contributed by atoms with E-state index in [0.717, 1.165) is 12.2 Å². The minimum absolute atomic E-state index is 0.875. The van der Waals surface area contributed by atoms with E-state index in [1.807, 2.05) is 25.3 Å². The Bertz CT molecular complexity index is 166. The summed E-state index contributed by atoms with van der Waals surface area (Å²) in [6.07, 6.45) is 7.58. The summed E-state index contributed by atoms with van der Waals surface area (Å²) in [5.41, 5.74) is 1.06. The molecule has 1 aliphatic rings.